The predicted molar refractivity (Wildman–Crippen MR) is 109 cm³/mol. The zero-order valence-electron chi connectivity index (χ0n) is 14.9. The first kappa shape index (κ1) is 19.1. The van der Waals surface area contributed by atoms with E-state index >= 15 is 0 Å². The maximum atomic E-state index is 12.2. The molecule has 1 saturated heterocycles. The van der Waals surface area contributed by atoms with Gasteiger partial charge < -0.3 is 15.0 Å². The number of amides is 1. The number of thioether (sulfide) groups is 1. The summed E-state index contributed by atoms with van der Waals surface area (Å²) < 4.78 is 5.78. The average molecular weight is 391 g/mol. The minimum absolute atomic E-state index is 0.0312. The summed E-state index contributed by atoms with van der Waals surface area (Å²) in [4.78, 5) is 15.5. The third-order valence-electron chi connectivity index (χ3n) is 4.10. The van der Waals surface area contributed by atoms with Crippen molar-refractivity contribution >= 4 is 40.6 Å². The number of nitrogens with zero attached hydrogens (tertiary/aromatic N) is 1. The Morgan fingerprint density at radius 2 is 1.88 bits per heavy atom. The number of carbonyl (C=O) groups is 1. The standard InChI is InChI=1S/C20H23ClN2O2S/c1-14-11-23(12-15(2)25-14)18-8-6-17(7-9-18)22-20(24)13-26-19-5-3-4-16(21)10-19/h3-10,14-15H,11-13H2,1-2H3,(H,22,24). The van der Waals surface area contributed by atoms with E-state index in [0.717, 1.165) is 29.4 Å². The molecule has 6 heteroatoms. The maximum Gasteiger partial charge on any atom is 0.234 e. The molecule has 0 bridgehead atoms. The van der Waals surface area contributed by atoms with Crippen LogP contribution in [0.5, 0.6) is 0 Å². The number of hydrogen-bond donors (Lipinski definition) is 1. The van der Waals surface area contributed by atoms with E-state index < -0.39 is 0 Å². The Morgan fingerprint density at radius 1 is 1.19 bits per heavy atom. The van der Waals surface area contributed by atoms with Crippen LogP contribution in [0.3, 0.4) is 0 Å². The molecule has 1 fully saturated rings. The van der Waals surface area contributed by atoms with Gasteiger partial charge in [-0.1, -0.05) is 17.7 Å². The van der Waals surface area contributed by atoms with Crippen molar-refractivity contribution in [1.29, 1.82) is 0 Å². The Balaban J connectivity index is 1.53. The van der Waals surface area contributed by atoms with Crippen LogP contribution in [0.1, 0.15) is 13.8 Å². The van der Waals surface area contributed by atoms with Gasteiger partial charge in [0.25, 0.3) is 0 Å². The molecular formula is C20H23ClN2O2S. The Kier molecular flexibility index (Phi) is 6.46. The molecule has 2 unspecified atom stereocenters. The molecule has 4 nitrogen and oxygen atoms in total. The molecular weight excluding hydrogens is 368 g/mol. The summed E-state index contributed by atoms with van der Waals surface area (Å²) in [6.07, 6.45) is 0.447. The molecule has 0 aromatic heterocycles. The minimum atomic E-state index is -0.0312. The molecule has 2 atom stereocenters. The molecule has 1 N–H and O–H groups in total. The maximum absolute atomic E-state index is 12.2. The summed E-state index contributed by atoms with van der Waals surface area (Å²) in [6, 6.07) is 15.5. The summed E-state index contributed by atoms with van der Waals surface area (Å²) in [5.41, 5.74) is 1.96. The summed E-state index contributed by atoms with van der Waals surface area (Å²) in [5, 5.41) is 3.62. The monoisotopic (exact) mass is 390 g/mol. The number of rotatable bonds is 5. The van der Waals surface area contributed by atoms with Gasteiger partial charge in [-0.2, -0.15) is 0 Å². The van der Waals surface area contributed by atoms with Gasteiger partial charge in [-0.25, -0.2) is 0 Å². The van der Waals surface area contributed by atoms with Gasteiger partial charge >= 0.3 is 0 Å². The van der Waals surface area contributed by atoms with E-state index in [1.54, 1.807) is 0 Å². The van der Waals surface area contributed by atoms with Gasteiger partial charge in [-0.05, 0) is 56.3 Å². The lowest BCUT2D eigenvalue weighted by molar-refractivity contribution is -0.113. The highest BCUT2D eigenvalue weighted by Crippen LogP contribution is 2.24. The molecule has 2 aromatic rings. The molecule has 0 saturated carbocycles. The largest absolute Gasteiger partial charge is 0.372 e. The number of halogens is 1. The van der Waals surface area contributed by atoms with Crippen molar-refractivity contribution in [1.82, 2.24) is 0 Å². The fourth-order valence-electron chi connectivity index (χ4n) is 3.05. The van der Waals surface area contributed by atoms with Crippen LogP contribution in [0.25, 0.3) is 0 Å². The Labute approximate surface area is 163 Å². The second-order valence-electron chi connectivity index (χ2n) is 6.50. The molecule has 1 aliphatic rings. The van der Waals surface area contributed by atoms with Gasteiger partial charge in [0, 0.05) is 34.4 Å². The predicted octanol–water partition coefficient (Wildman–Crippen LogP) is 4.68. The van der Waals surface area contributed by atoms with Gasteiger partial charge in [0.1, 0.15) is 0 Å². The fourth-order valence-corrected chi connectivity index (χ4v) is 4.06. The molecule has 138 valence electrons. The van der Waals surface area contributed by atoms with Crippen molar-refractivity contribution in [3.05, 3.63) is 53.6 Å². The van der Waals surface area contributed by atoms with Crippen LogP contribution in [0.15, 0.2) is 53.4 Å². The molecule has 0 aliphatic carbocycles. The molecule has 0 radical (unpaired) electrons. The quantitative estimate of drug-likeness (QED) is 0.752. The normalized spacial score (nSPS) is 20.0. The molecule has 3 rings (SSSR count). The smallest absolute Gasteiger partial charge is 0.234 e. The number of benzene rings is 2. The first-order chi connectivity index (χ1) is 12.5. The van der Waals surface area contributed by atoms with E-state index in [1.165, 1.54) is 11.8 Å². The van der Waals surface area contributed by atoms with Crippen molar-refractivity contribution in [2.75, 3.05) is 29.1 Å². The van der Waals surface area contributed by atoms with Crippen LogP contribution < -0.4 is 10.2 Å². The lowest BCUT2D eigenvalue weighted by Gasteiger charge is -2.36. The molecule has 26 heavy (non-hydrogen) atoms. The molecule has 1 amide bonds. The van der Waals surface area contributed by atoms with Crippen molar-refractivity contribution in [3.63, 3.8) is 0 Å². The zero-order chi connectivity index (χ0) is 18.5. The van der Waals surface area contributed by atoms with Crippen molar-refractivity contribution in [3.8, 4) is 0 Å². The molecule has 0 spiro atoms. The number of anilines is 2. The Hall–Kier alpha value is -1.69. The summed E-state index contributed by atoms with van der Waals surface area (Å²) in [6.45, 7) is 5.95. The SMILES string of the molecule is CC1CN(c2ccc(NC(=O)CSc3cccc(Cl)c3)cc2)CC(C)O1. The van der Waals surface area contributed by atoms with Crippen molar-refractivity contribution < 1.29 is 9.53 Å². The van der Waals surface area contributed by atoms with E-state index in [-0.39, 0.29) is 18.1 Å². The van der Waals surface area contributed by atoms with Gasteiger partial charge in [0.15, 0.2) is 0 Å². The third-order valence-corrected chi connectivity index (χ3v) is 5.33. The average Bonchev–Trinajstić information content (AvgIpc) is 2.60. The molecule has 1 aliphatic heterocycles. The summed E-state index contributed by atoms with van der Waals surface area (Å²) >= 11 is 7.43. The lowest BCUT2D eigenvalue weighted by Crippen LogP contribution is -2.45. The first-order valence-electron chi connectivity index (χ1n) is 8.68. The topological polar surface area (TPSA) is 41.6 Å². The van der Waals surface area contributed by atoms with Gasteiger partial charge in [-0.15, -0.1) is 11.8 Å². The number of morpholine rings is 1. The van der Waals surface area contributed by atoms with E-state index in [0.29, 0.717) is 10.8 Å². The minimum Gasteiger partial charge on any atom is -0.372 e. The first-order valence-corrected chi connectivity index (χ1v) is 10.0. The summed E-state index contributed by atoms with van der Waals surface area (Å²) in [5.74, 6) is 0.317. The van der Waals surface area contributed by atoms with E-state index in [2.05, 4.69) is 24.1 Å². The number of ether oxygens (including phenoxy) is 1. The van der Waals surface area contributed by atoms with E-state index in [1.807, 2.05) is 48.5 Å². The highest BCUT2D eigenvalue weighted by Gasteiger charge is 2.22. The van der Waals surface area contributed by atoms with Crippen LogP contribution in [0, 0.1) is 0 Å². The molecule has 2 aromatic carbocycles. The van der Waals surface area contributed by atoms with Crippen molar-refractivity contribution in [2.45, 2.75) is 31.0 Å². The van der Waals surface area contributed by atoms with E-state index in [9.17, 15) is 4.79 Å². The van der Waals surface area contributed by atoms with Crippen LogP contribution in [-0.2, 0) is 9.53 Å². The zero-order valence-corrected chi connectivity index (χ0v) is 16.5. The van der Waals surface area contributed by atoms with E-state index in [4.69, 9.17) is 16.3 Å². The number of nitrogens with one attached hydrogen (secondary N) is 1. The second-order valence-corrected chi connectivity index (χ2v) is 7.99. The van der Waals surface area contributed by atoms with Crippen LogP contribution in [0.4, 0.5) is 11.4 Å². The molecule has 1 heterocycles. The summed E-state index contributed by atoms with van der Waals surface area (Å²) in [7, 11) is 0. The number of hydrogen-bond acceptors (Lipinski definition) is 4. The Bertz CT molecular complexity index is 744. The Morgan fingerprint density at radius 3 is 2.54 bits per heavy atom. The van der Waals surface area contributed by atoms with Crippen molar-refractivity contribution in [2.24, 2.45) is 0 Å². The van der Waals surface area contributed by atoms with Gasteiger partial charge in [0.05, 0.1) is 18.0 Å². The number of carbonyl (C=O) groups excluding carboxylic acids is 1. The van der Waals surface area contributed by atoms with Crippen LogP contribution in [-0.4, -0.2) is 37.0 Å². The van der Waals surface area contributed by atoms with Crippen LogP contribution in [0.2, 0.25) is 5.02 Å². The fraction of sp³-hybridized carbons (Fsp3) is 0.350. The third kappa shape index (κ3) is 5.40. The second kappa shape index (κ2) is 8.80. The highest BCUT2D eigenvalue weighted by molar-refractivity contribution is 8.00. The lowest BCUT2D eigenvalue weighted by atomic mass is 10.2. The van der Waals surface area contributed by atoms with Gasteiger partial charge in [-0.3, -0.25) is 4.79 Å². The highest BCUT2D eigenvalue weighted by atomic mass is 35.5. The van der Waals surface area contributed by atoms with Gasteiger partial charge in [0.2, 0.25) is 5.91 Å². The van der Waals surface area contributed by atoms with Crippen LogP contribution >= 0.6 is 23.4 Å².